The van der Waals surface area contributed by atoms with Crippen LogP contribution in [0.5, 0.6) is 5.88 Å². The van der Waals surface area contributed by atoms with Gasteiger partial charge in [0, 0.05) is 36.1 Å². The number of fused-ring (bicyclic) bond motifs is 1. The first-order chi connectivity index (χ1) is 14.6. The van der Waals surface area contributed by atoms with E-state index in [-0.39, 0.29) is 11.3 Å². The highest BCUT2D eigenvalue weighted by molar-refractivity contribution is 7.09. The minimum Gasteiger partial charge on any atom is -0.477 e. The maximum atomic E-state index is 12.7. The smallest absolute Gasteiger partial charge is 0.477 e. The maximum Gasteiger partial charge on any atom is 0.490 e. The van der Waals surface area contributed by atoms with Gasteiger partial charge in [0.15, 0.2) is 0 Å². The van der Waals surface area contributed by atoms with E-state index in [1.807, 2.05) is 35.4 Å². The Balaban J connectivity index is 0.000000339. The molecule has 2 fully saturated rings. The highest BCUT2D eigenvalue weighted by atomic mass is 32.1. The van der Waals surface area contributed by atoms with Crippen molar-refractivity contribution in [3.05, 3.63) is 40.5 Å². The van der Waals surface area contributed by atoms with Crippen molar-refractivity contribution in [1.29, 1.82) is 0 Å². The second-order valence-corrected chi connectivity index (χ2v) is 8.71. The maximum absolute atomic E-state index is 12.7. The predicted molar refractivity (Wildman–Crippen MR) is 106 cm³/mol. The van der Waals surface area contributed by atoms with Crippen molar-refractivity contribution >= 4 is 23.2 Å². The van der Waals surface area contributed by atoms with Gasteiger partial charge in [-0.25, -0.2) is 14.8 Å². The van der Waals surface area contributed by atoms with Gasteiger partial charge in [0.05, 0.1) is 11.6 Å². The molecule has 1 saturated heterocycles. The minimum atomic E-state index is -5.08. The predicted octanol–water partition coefficient (Wildman–Crippen LogP) is 3.80. The van der Waals surface area contributed by atoms with Gasteiger partial charge in [-0.2, -0.15) is 13.2 Å². The number of halogens is 3. The van der Waals surface area contributed by atoms with Gasteiger partial charge in [-0.3, -0.25) is 4.79 Å². The van der Waals surface area contributed by atoms with Gasteiger partial charge >= 0.3 is 12.1 Å². The Morgan fingerprint density at radius 1 is 1.39 bits per heavy atom. The van der Waals surface area contributed by atoms with Crippen LogP contribution in [0.4, 0.5) is 13.2 Å². The van der Waals surface area contributed by atoms with Crippen molar-refractivity contribution < 1.29 is 32.6 Å². The molecule has 0 unspecified atom stereocenters. The first-order valence-electron chi connectivity index (χ1n) is 9.66. The summed E-state index contributed by atoms with van der Waals surface area (Å²) in [5.41, 5.74) is 0.649. The van der Waals surface area contributed by atoms with Crippen molar-refractivity contribution in [2.45, 2.75) is 32.4 Å². The third-order valence-corrected chi connectivity index (χ3v) is 6.33. The summed E-state index contributed by atoms with van der Waals surface area (Å²) in [5, 5.41) is 9.92. The number of carbonyl (C=O) groups excluding carboxylic acids is 1. The van der Waals surface area contributed by atoms with E-state index in [0.717, 1.165) is 24.5 Å². The number of carboxylic acids is 1. The summed E-state index contributed by atoms with van der Waals surface area (Å²) in [6.45, 7) is 4.15. The molecule has 0 bridgehead atoms. The van der Waals surface area contributed by atoms with Crippen LogP contribution in [0.3, 0.4) is 0 Å². The number of aliphatic carboxylic acids is 1. The summed E-state index contributed by atoms with van der Waals surface area (Å²) in [4.78, 5) is 32.2. The molecular weight excluding hydrogens is 435 g/mol. The van der Waals surface area contributed by atoms with Gasteiger partial charge in [-0.05, 0) is 31.7 Å². The highest BCUT2D eigenvalue weighted by Crippen LogP contribution is 2.49. The van der Waals surface area contributed by atoms with Crippen molar-refractivity contribution in [2.75, 3.05) is 19.7 Å². The number of hydrogen-bond donors (Lipinski definition) is 1. The van der Waals surface area contributed by atoms with Gasteiger partial charge in [-0.1, -0.05) is 12.5 Å². The van der Waals surface area contributed by atoms with E-state index in [4.69, 9.17) is 14.6 Å². The highest BCUT2D eigenvalue weighted by Gasteiger charge is 2.51. The minimum absolute atomic E-state index is 0.0611. The number of likely N-dealkylation sites (tertiary alicyclic amines) is 1. The number of ether oxygens (including phenoxy) is 1. The number of aromatic nitrogens is 2. The summed E-state index contributed by atoms with van der Waals surface area (Å²) < 4.78 is 37.7. The second-order valence-electron chi connectivity index (χ2n) is 7.65. The number of alkyl halides is 3. The number of rotatable bonds is 4. The van der Waals surface area contributed by atoms with Crippen LogP contribution in [0, 0.1) is 18.3 Å². The van der Waals surface area contributed by atoms with Crippen LogP contribution < -0.4 is 4.74 Å². The van der Waals surface area contributed by atoms with Crippen LogP contribution in [-0.4, -0.2) is 57.7 Å². The molecule has 1 saturated carbocycles. The zero-order chi connectivity index (χ0) is 22.6. The molecule has 2 aromatic heterocycles. The monoisotopic (exact) mass is 457 g/mol. The Kier molecular flexibility index (Phi) is 6.83. The molecule has 168 valence electrons. The lowest BCUT2D eigenvalue weighted by Gasteiger charge is -2.28. The molecule has 0 spiro atoms. The molecule has 0 radical (unpaired) electrons. The van der Waals surface area contributed by atoms with Crippen LogP contribution in [0.2, 0.25) is 0 Å². The van der Waals surface area contributed by atoms with Crippen LogP contribution in [0.1, 0.15) is 34.8 Å². The zero-order valence-corrected chi connectivity index (χ0v) is 17.6. The van der Waals surface area contributed by atoms with Crippen molar-refractivity contribution in [3.63, 3.8) is 0 Å². The van der Waals surface area contributed by atoms with Crippen LogP contribution in [-0.2, 0) is 4.79 Å². The zero-order valence-electron chi connectivity index (χ0n) is 16.8. The lowest BCUT2D eigenvalue weighted by molar-refractivity contribution is -0.192. The molecule has 11 heteroatoms. The molecule has 1 amide bonds. The van der Waals surface area contributed by atoms with E-state index >= 15 is 0 Å². The fourth-order valence-corrected chi connectivity index (χ4v) is 4.67. The van der Waals surface area contributed by atoms with E-state index in [0.29, 0.717) is 24.1 Å². The van der Waals surface area contributed by atoms with Crippen molar-refractivity contribution in [3.8, 4) is 5.88 Å². The number of pyridine rings is 1. The average molecular weight is 457 g/mol. The molecule has 2 aliphatic rings. The Morgan fingerprint density at radius 3 is 2.71 bits per heavy atom. The first kappa shape index (κ1) is 23.0. The van der Waals surface area contributed by atoms with E-state index < -0.39 is 12.1 Å². The summed E-state index contributed by atoms with van der Waals surface area (Å²) in [7, 11) is 0. The van der Waals surface area contributed by atoms with E-state index in [2.05, 4.69) is 9.97 Å². The molecule has 0 aromatic carbocycles. The number of aryl methyl sites for hydroxylation is 1. The molecule has 3 heterocycles. The second kappa shape index (κ2) is 9.21. The van der Waals surface area contributed by atoms with Crippen LogP contribution in [0.15, 0.2) is 29.8 Å². The first-order valence-corrected chi connectivity index (χ1v) is 10.5. The Labute approximate surface area is 180 Å². The molecule has 31 heavy (non-hydrogen) atoms. The molecule has 4 rings (SSSR count). The summed E-state index contributed by atoms with van der Waals surface area (Å²) >= 11 is 1.53. The topological polar surface area (TPSA) is 92.6 Å². The van der Waals surface area contributed by atoms with Gasteiger partial charge in [-0.15, -0.1) is 11.3 Å². The molecule has 2 atom stereocenters. The normalized spacial score (nSPS) is 22.5. The van der Waals surface area contributed by atoms with Gasteiger partial charge in [0.25, 0.3) is 5.91 Å². The number of thiazole rings is 1. The van der Waals surface area contributed by atoms with E-state index in [1.54, 1.807) is 6.20 Å². The fourth-order valence-electron chi connectivity index (χ4n) is 4.08. The summed E-state index contributed by atoms with van der Waals surface area (Å²) in [6, 6.07) is 5.70. The van der Waals surface area contributed by atoms with Gasteiger partial charge < -0.3 is 14.7 Å². The van der Waals surface area contributed by atoms with Gasteiger partial charge in [0.2, 0.25) is 5.88 Å². The molecule has 1 aliphatic carbocycles. The largest absolute Gasteiger partial charge is 0.490 e. The molecule has 7 nitrogen and oxygen atoms in total. The Bertz CT molecular complexity index is 922. The van der Waals surface area contributed by atoms with E-state index in [1.165, 1.54) is 24.2 Å². The number of nitrogens with zero attached hydrogens (tertiary/aromatic N) is 3. The standard InChI is InChI=1S/C18H21N3O2S.C2HF3O2/c1-13-20-15(10-24-13)17(22)21-9-14-5-4-7-18(14,11-21)12-23-16-6-2-3-8-19-16;3-2(4,5)1(6)7/h2-3,6,8,10,14H,4-5,7,9,11-12H2,1H3;(H,6,7)/t14-,18+;/m1./s1. The van der Waals surface area contributed by atoms with Crippen LogP contribution >= 0.6 is 11.3 Å². The number of hydrogen-bond acceptors (Lipinski definition) is 6. The Hall–Kier alpha value is -2.69. The quantitative estimate of drug-likeness (QED) is 0.751. The number of carbonyl (C=O) groups is 2. The fraction of sp³-hybridized carbons (Fsp3) is 0.500. The summed E-state index contributed by atoms with van der Waals surface area (Å²) in [5.74, 6) is -1.51. The SMILES string of the molecule is Cc1nc(C(=O)N2C[C@H]3CCC[C@@]3(COc3ccccn3)C2)cs1.O=C(O)C(F)(F)F. The average Bonchev–Trinajstić information content (AvgIpc) is 3.40. The molecular formula is C20H22F3N3O4S. The number of carboxylic acid groups (broad SMARTS) is 1. The van der Waals surface area contributed by atoms with Gasteiger partial charge in [0.1, 0.15) is 5.69 Å². The third-order valence-electron chi connectivity index (χ3n) is 5.55. The molecule has 2 aromatic rings. The van der Waals surface area contributed by atoms with Crippen LogP contribution in [0.25, 0.3) is 0 Å². The lowest BCUT2D eigenvalue weighted by Crippen LogP contribution is -2.35. The summed E-state index contributed by atoms with van der Waals surface area (Å²) in [6.07, 6.45) is 0.165. The lowest BCUT2D eigenvalue weighted by atomic mass is 9.81. The van der Waals surface area contributed by atoms with Crippen molar-refractivity contribution in [1.82, 2.24) is 14.9 Å². The Morgan fingerprint density at radius 2 is 2.13 bits per heavy atom. The number of amides is 1. The van der Waals surface area contributed by atoms with Crippen molar-refractivity contribution in [2.24, 2.45) is 11.3 Å². The van der Waals surface area contributed by atoms with E-state index in [9.17, 15) is 18.0 Å². The third kappa shape index (κ3) is 5.52. The molecule has 1 aliphatic heterocycles. The molecule has 1 N–H and O–H groups in total.